The van der Waals surface area contributed by atoms with Crippen molar-refractivity contribution in [2.75, 3.05) is 19.6 Å². The van der Waals surface area contributed by atoms with Gasteiger partial charge in [-0.2, -0.15) is 0 Å². The van der Waals surface area contributed by atoms with Crippen LogP contribution in [0.25, 0.3) is 0 Å². The largest absolute Gasteiger partial charge is 0.347 e. The fraction of sp³-hybridized carbons (Fsp3) is 0.467. The Balaban J connectivity index is 2.01. The molecule has 0 radical (unpaired) electrons. The van der Waals surface area contributed by atoms with Gasteiger partial charge in [0.15, 0.2) is 0 Å². The number of hydrogen-bond acceptors (Lipinski definition) is 3. The van der Waals surface area contributed by atoms with Gasteiger partial charge < -0.3 is 16.0 Å². The lowest BCUT2D eigenvalue weighted by molar-refractivity contribution is -0.133. The van der Waals surface area contributed by atoms with Gasteiger partial charge in [0.1, 0.15) is 0 Å². The highest BCUT2D eigenvalue weighted by atomic mass is 16.2. The molecule has 0 saturated carbocycles. The second kappa shape index (κ2) is 6.52. The zero-order valence-electron chi connectivity index (χ0n) is 11.7. The molecule has 1 fully saturated rings. The van der Waals surface area contributed by atoms with Crippen molar-refractivity contribution in [3.05, 3.63) is 35.9 Å². The summed E-state index contributed by atoms with van der Waals surface area (Å²) in [7, 11) is 0. The monoisotopic (exact) mass is 275 g/mol. The molecule has 3 N–H and O–H groups in total. The quantitative estimate of drug-likeness (QED) is 0.842. The number of nitrogens with zero attached hydrogens (tertiary/aromatic N) is 1. The van der Waals surface area contributed by atoms with Gasteiger partial charge in [0, 0.05) is 32.0 Å². The van der Waals surface area contributed by atoms with Gasteiger partial charge in [0.05, 0.1) is 6.54 Å². The van der Waals surface area contributed by atoms with Crippen LogP contribution in [0.5, 0.6) is 0 Å². The van der Waals surface area contributed by atoms with Crippen molar-refractivity contribution in [2.45, 2.75) is 25.3 Å². The van der Waals surface area contributed by atoms with E-state index in [4.69, 9.17) is 5.73 Å². The highest BCUT2D eigenvalue weighted by Gasteiger charge is 2.30. The van der Waals surface area contributed by atoms with Gasteiger partial charge in [-0.15, -0.1) is 0 Å². The summed E-state index contributed by atoms with van der Waals surface area (Å²) in [4.78, 5) is 24.7. The van der Waals surface area contributed by atoms with E-state index in [9.17, 15) is 9.59 Å². The van der Waals surface area contributed by atoms with Crippen LogP contribution in [0.4, 0.5) is 0 Å². The first-order valence-electron chi connectivity index (χ1n) is 6.90. The third-order valence-electron chi connectivity index (χ3n) is 3.74. The van der Waals surface area contributed by atoms with Crippen molar-refractivity contribution in [3.8, 4) is 0 Å². The highest BCUT2D eigenvalue weighted by Crippen LogP contribution is 2.25. The summed E-state index contributed by atoms with van der Waals surface area (Å²) >= 11 is 0. The predicted octanol–water partition coefficient (Wildman–Crippen LogP) is 0.466. The van der Waals surface area contributed by atoms with Crippen molar-refractivity contribution in [2.24, 2.45) is 5.73 Å². The minimum absolute atomic E-state index is 0.0481. The lowest BCUT2D eigenvalue weighted by Crippen LogP contribution is -2.50. The van der Waals surface area contributed by atoms with E-state index in [0.717, 1.165) is 12.0 Å². The summed E-state index contributed by atoms with van der Waals surface area (Å²) < 4.78 is 0. The minimum atomic E-state index is -0.188. The van der Waals surface area contributed by atoms with Gasteiger partial charge in [-0.05, 0) is 12.0 Å². The summed E-state index contributed by atoms with van der Waals surface area (Å²) in [5, 5.41) is 2.55. The average molecular weight is 275 g/mol. The van der Waals surface area contributed by atoms with Gasteiger partial charge in [0.2, 0.25) is 11.8 Å². The third-order valence-corrected chi connectivity index (χ3v) is 3.74. The van der Waals surface area contributed by atoms with E-state index in [1.165, 1.54) is 6.92 Å². The first kappa shape index (κ1) is 14.5. The molecule has 5 nitrogen and oxygen atoms in total. The Bertz CT molecular complexity index is 475. The fourth-order valence-electron chi connectivity index (χ4n) is 2.56. The molecule has 1 aliphatic heterocycles. The maximum Gasteiger partial charge on any atom is 0.241 e. The molecule has 20 heavy (non-hydrogen) atoms. The molecule has 2 amide bonds. The first-order valence-corrected chi connectivity index (χ1v) is 6.90. The Hall–Kier alpha value is -1.88. The van der Waals surface area contributed by atoms with Gasteiger partial charge in [-0.3, -0.25) is 9.59 Å². The van der Waals surface area contributed by atoms with E-state index in [-0.39, 0.29) is 30.3 Å². The van der Waals surface area contributed by atoms with Crippen LogP contribution in [-0.2, 0) is 9.59 Å². The molecule has 1 aliphatic rings. The summed E-state index contributed by atoms with van der Waals surface area (Å²) in [5.74, 6) is -0.0778. The van der Waals surface area contributed by atoms with E-state index in [1.54, 1.807) is 4.90 Å². The summed E-state index contributed by atoms with van der Waals surface area (Å²) in [6.07, 6.45) is 0.783. The Labute approximate surface area is 119 Å². The molecule has 2 atom stereocenters. The average Bonchev–Trinajstić information content (AvgIpc) is 2.46. The second-order valence-electron chi connectivity index (χ2n) is 5.22. The van der Waals surface area contributed by atoms with Crippen molar-refractivity contribution < 1.29 is 9.59 Å². The van der Waals surface area contributed by atoms with Crippen molar-refractivity contribution in [1.29, 1.82) is 0 Å². The highest BCUT2D eigenvalue weighted by molar-refractivity contribution is 5.83. The smallest absolute Gasteiger partial charge is 0.241 e. The molecular weight excluding hydrogens is 254 g/mol. The Morgan fingerprint density at radius 2 is 2.05 bits per heavy atom. The van der Waals surface area contributed by atoms with Crippen molar-refractivity contribution >= 4 is 11.8 Å². The Morgan fingerprint density at radius 1 is 1.35 bits per heavy atom. The van der Waals surface area contributed by atoms with Gasteiger partial charge in [-0.25, -0.2) is 0 Å². The number of rotatable bonds is 3. The van der Waals surface area contributed by atoms with Crippen LogP contribution in [-0.4, -0.2) is 42.4 Å². The predicted molar refractivity (Wildman–Crippen MR) is 77.0 cm³/mol. The molecule has 2 unspecified atom stereocenters. The fourth-order valence-corrected chi connectivity index (χ4v) is 2.56. The third kappa shape index (κ3) is 3.57. The molecule has 0 aromatic heterocycles. The number of nitrogens with two attached hydrogens (primary N) is 1. The zero-order valence-corrected chi connectivity index (χ0v) is 11.7. The van der Waals surface area contributed by atoms with Crippen LogP contribution in [0, 0.1) is 0 Å². The molecular formula is C15H21N3O2. The lowest BCUT2D eigenvalue weighted by Gasteiger charge is -2.37. The van der Waals surface area contributed by atoms with E-state index in [2.05, 4.69) is 5.32 Å². The number of carbonyl (C=O) groups is 2. The van der Waals surface area contributed by atoms with Crippen molar-refractivity contribution in [1.82, 2.24) is 10.2 Å². The van der Waals surface area contributed by atoms with Gasteiger partial charge >= 0.3 is 0 Å². The zero-order chi connectivity index (χ0) is 14.5. The summed E-state index contributed by atoms with van der Waals surface area (Å²) in [6, 6.07) is 10.1. The Kier molecular flexibility index (Phi) is 4.74. The lowest BCUT2D eigenvalue weighted by atomic mass is 9.86. The molecule has 1 saturated heterocycles. The number of nitrogens with one attached hydrogen (secondary N) is 1. The molecule has 0 aliphatic carbocycles. The summed E-state index contributed by atoms with van der Waals surface area (Å²) in [6.45, 7) is 2.74. The number of amides is 2. The SMILES string of the molecule is CC(=O)NCC(=O)N1CCC(N)C(c2ccccc2)C1. The minimum Gasteiger partial charge on any atom is -0.347 e. The number of hydrogen-bond donors (Lipinski definition) is 2. The number of carbonyl (C=O) groups excluding carboxylic acids is 2. The normalized spacial score (nSPS) is 22.4. The van der Waals surface area contributed by atoms with Gasteiger partial charge in [0.25, 0.3) is 0 Å². The van der Waals surface area contributed by atoms with E-state index >= 15 is 0 Å². The van der Waals surface area contributed by atoms with E-state index in [0.29, 0.717) is 13.1 Å². The van der Waals surface area contributed by atoms with E-state index < -0.39 is 0 Å². The summed E-state index contributed by atoms with van der Waals surface area (Å²) in [5.41, 5.74) is 7.35. The molecule has 0 bridgehead atoms. The van der Waals surface area contributed by atoms with Gasteiger partial charge in [-0.1, -0.05) is 30.3 Å². The number of likely N-dealkylation sites (tertiary alicyclic amines) is 1. The van der Waals surface area contributed by atoms with Crippen LogP contribution in [0.15, 0.2) is 30.3 Å². The number of benzene rings is 1. The van der Waals surface area contributed by atoms with Crippen LogP contribution >= 0.6 is 0 Å². The molecule has 2 rings (SSSR count). The topological polar surface area (TPSA) is 75.4 Å². The molecule has 5 heteroatoms. The second-order valence-corrected chi connectivity index (χ2v) is 5.22. The van der Waals surface area contributed by atoms with Crippen LogP contribution < -0.4 is 11.1 Å². The first-order chi connectivity index (χ1) is 9.58. The Morgan fingerprint density at radius 3 is 2.70 bits per heavy atom. The molecule has 108 valence electrons. The standard InChI is InChI=1S/C15H21N3O2/c1-11(19)17-9-15(20)18-8-7-14(16)13(10-18)12-5-3-2-4-6-12/h2-6,13-14H,7-10,16H2,1H3,(H,17,19). The molecule has 1 aromatic rings. The van der Waals surface area contributed by atoms with Crippen molar-refractivity contribution in [3.63, 3.8) is 0 Å². The molecule has 1 heterocycles. The molecule has 0 spiro atoms. The van der Waals surface area contributed by atoms with E-state index in [1.807, 2.05) is 30.3 Å². The maximum absolute atomic E-state index is 12.1. The van der Waals surface area contributed by atoms with Crippen LogP contribution in [0.1, 0.15) is 24.8 Å². The van der Waals surface area contributed by atoms with Crippen LogP contribution in [0.2, 0.25) is 0 Å². The maximum atomic E-state index is 12.1. The van der Waals surface area contributed by atoms with Crippen LogP contribution in [0.3, 0.4) is 0 Å². The number of piperidine rings is 1. The molecule has 1 aromatic carbocycles.